The topological polar surface area (TPSA) is 51.2 Å². The van der Waals surface area contributed by atoms with Crippen molar-refractivity contribution in [3.8, 4) is 17.0 Å². The van der Waals surface area contributed by atoms with Gasteiger partial charge in [0.1, 0.15) is 5.75 Å². The number of aromatic nitrogens is 1. The Bertz CT molecular complexity index is 835. The quantitative estimate of drug-likeness (QED) is 0.743. The summed E-state index contributed by atoms with van der Waals surface area (Å²) in [5, 5.41) is 7.30. The first-order valence-electron chi connectivity index (χ1n) is 7.04. The molecule has 0 radical (unpaired) electrons. The lowest BCUT2D eigenvalue weighted by atomic mass is 10.1. The van der Waals surface area contributed by atoms with Crippen LogP contribution in [0.5, 0.6) is 5.75 Å². The van der Waals surface area contributed by atoms with Crippen LogP contribution < -0.4 is 10.1 Å². The molecular formula is C17H16N2O2S2. The Kier molecular flexibility index (Phi) is 4.45. The van der Waals surface area contributed by atoms with Crippen LogP contribution in [0, 0.1) is 13.8 Å². The molecule has 3 rings (SSSR count). The lowest BCUT2D eigenvalue weighted by Gasteiger charge is -2.02. The van der Waals surface area contributed by atoms with Crippen molar-refractivity contribution >= 4 is 33.7 Å². The largest absolute Gasteiger partial charge is 0.497 e. The molecule has 0 unspecified atom stereocenters. The van der Waals surface area contributed by atoms with Crippen LogP contribution in [-0.4, -0.2) is 18.0 Å². The van der Waals surface area contributed by atoms with Gasteiger partial charge in [0, 0.05) is 21.2 Å². The second-order valence-corrected chi connectivity index (χ2v) is 6.99. The second kappa shape index (κ2) is 6.52. The Morgan fingerprint density at radius 1 is 1.13 bits per heavy atom. The predicted octanol–water partition coefficient (Wildman–Crippen LogP) is 4.75. The van der Waals surface area contributed by atoms with E-state index in [0.717, 1.165) is 27.4 Å². The number of anilines is 1. The molecule has 0 aliphatic rings. The van der Waals surface area contributed by atoms with Gasteiger partial charge in [-0.25, -0.2) is 4.98 Å². The monoisotopic (exact) mass is 344 g/mol. The Labute approximate surface area is 142 Å². The zero-order chi connectivity index (χ0) is 16.4. The zero-order valence-electron chi connectivity index (χ0n) is 13.0. The molecule has 1 amide bonds. The molecule has 0 aliphatic carbocycles. The number of hydrogen-bond acceptors (Lipinski definition) is 5. The first kappa shape index (κ1) is 15.7. The number of ether oxygens (including phenoxy) is 1. The molecular weight excluding hydrogens is 328 g/mol. The highest BCUT2D eigenvalue weighted by atomic mass is 32.1. The maximum absolute atomic E-state index is 12.3. The average Bonchev–Trinajstić information content (AvgIpc) is 3.15. The summed E-state index contributed by atoms with van der Waals surface area (Å²) in [4.78, 5) is 18.0. The average molecular weight is 344 g/mol. The smallest absolute Gasteiger partial charge is 0.258 e. The van der Waals surface area contributed by atoms with Gasteiger partial charge in [0.25, 0.3) is 5.91 Å². The minimum Gasteiger partial charge on any atom is -0.497 e. The van der Waals surface area contributed by atoms with Gasteiger partial charge >= 0.3 is 0 Å². The van der Waals surface area contributed by atoms with Crippen LogP contribution in [0.15, 0.2) is 35.0 Å². The first-order valence-corrected chi connectivity index (χ1v) is 8.80. The fraction of sp³-hybridized carbons (Fsp3) is 0.176. The predicted molar refractivity (Wildman–Crippen MR) is 95.8 cm³/mol. The Hall–Kier alpha value is -2.18. The maximum atomic E-state index is 12.3. The number of carbonyl (C=O) groups is 1. The summed E-state index contributed by atoms with van der Waals surface area (Å²) in [5.74, 6) is 0.697. The van der Waals surface area contributed by atoms with Crippen molar-refractivity contribution in [1.82, 2.24) is 4.98 Å². The van der Waals surface area contributed by atoms with Crippen LogP contribution in [0.1, 0.15) is 20.8 Å². The minimum absolute atomic E-state index is 0.109. The van der Waals surface area contributed by atoms with E-state index in [1.165, 1.54) is 11.3 Å². The number of amides is 1. The van der Waals surface area contributed by atoms with Gasteiger partial charge in [-0.1, -0.05) is 0 Å². The fourth-order valence-electron chi connectivity index (χ4n) is 2.13. The lowest BCUT2D eigenvalue weighted by Crippen LogP contribution is -2.12. The molecule has 2 aromatic heterocycles. The molecule has 118 valence electrons. The van der Waals surface area contributed by atoms with Crippen molar-refractivity contribution in [1.29, 1.82) is 0 Å². The number of nitrogens with zero attached hydrogens (tertiary/aromatic N) is 1. The number of carbonyl (C=O) groups excluding carboxylic acids is 1. The van der Waals surface area contributed by atoms with Crippen molar-refractivity contribution in [3.63, 3.8) is 0 Å². The Balaban J connectivity index is 1.76. The summed E-state index contributed by atoms with van der Waals surface area (Å²) in [6, 6.07) is 7.69. The summed E-state index contributed by atoms with van der Waals surface area (Å²) in [6.45, 7) is 3.98. The molecule has 0 saturated carbocycles. The first-order chi connectivity index (χ1) is 11.1. The summed E-state index contributed by atoms with van der Waals surface area (Å²) in [5.41, 5.74) is 3.57. The Morgan fingerprint density at radius 3 is 2.48 bits per heavy atom. The SMILES string of the molecule is COc1ccc(-c2csc(NC(=O)c3csc(C)c3C)n2)cc1. The van der Waals surface area contributed by atoms with E-state index in [9.17, 15) is 4.79 Å². The van der Waals surface area contributed by atoms with E-state index in [4.69, 9.17) is 4.74 Å². The number of benzene rings is 1. The Morgan fingerprint density at radius 2 is 1.87 bits per heavy atom. The standard InChI is InChI=1S/C17H16N2O2S2/c1-10-11(2)22-8-14(10)16(20)19-17-18-15(9-23-17)12-4-6-13(21-3)7-5-12/h4-9H,1-3H3,(H,18,19,20). The molecule has 0 fully saturated rings. The molecule has 1 N–H and O–H groups in total. The summed E-state index contributed by atoms with van der Waals surface area (Å²) in [6.07, 6.45) is 0. The number of methoxy groups -OCH3 is 1. The van der Waals surface area contributed by atoms with E-state index in [-0.39, 0.29) is 5.91 Å². The lowest BCUT2D eigenvalue weighted by molar-refractivity contribution is 0.102. The van der Waals surface area contributed by atoms with Crippen molar-refractivity contribution < 1.29 is 9.53 Å². The minimum atomic E-state index is -0.109. The number of rotatable bonds is 4. The molecule has 0 spiro atoms. The van der Waals surface area contributed by atoms with E-state index in [1.807, 2.05) is 48.9 Å². The number of nitrogens with one attached hydrogen (secondary N) is 1. The van der Waals surface area contributed by atoms with E-state index in [2.05, 4.69) is 10.3 Å². The van der Waals surface area contributed by atoms with E-state index < -0.39 is 0 Å². The van der Waals surface area contributed by atoms with Gasteiger partial charge in [0.2, 0.25) is 0 Å². The van der Waals surface area contributed by atoms with E-state index in [0.29, 0.717) is 10.7 Å². The van der Waals surface area contributed by atoms with Crippen LogP contribution in [0.3, 0.4) is 0 Å². The van der Waals surface area contributed by atoms with Crippen LogP contribution in [0.4, 0.5) is 5.13 Å². The van der Waals surface area contributed by atoms with Gasteiger partial charge in [-0.05, 0) is 43.7 Å². The number of thiazole rings is 1. The number of aryl methyl sites for hydroxylation is 1. The van der Waals surface area contributed by atoms with Crippen LogP contribution in [0.2, 0.25) is 0 Å². The molecule has 1 aromatic carbocycles. The fourth-order valence-corrected chi connectivity index (χ4v) is 3.71. The van der Waals surface area contributed by atoms with Crippen molar-refractivity contribution in [2.75, 3.05) is 12.4 Å². The maximum Gasteiger partial charge on any atom is 0.258 e. The van der Waals surface area contributed by atoms with Crippen LogP contribution in [-0.2, 0) is 0 Å². The van der Waals surface area contributed by atoms with E-state index >= 15 is 0 Å². The highest BCUT2D eigenvalue weighted by Gasteiger charge is 2.14. The summed E-state index contributed by atoms with van der Waals surface area (Å²) < 4.78 is 5.15. The van der Waals surface area contributed by atoms with Gasteiger partial charge in [0.05, 0.1) is 18.4 Å². The summed E-state index contributed by atoms with van der Waals surface area (Å²) >= 11 is 3.00. The van der Waals surface area contributed by atoms with Gasteiger partial charge < -0.3 is 4.74 Å². The molecule has 3 aromatic rings. The van der Waals surface area contributed by atoms with Gasteiger partial charge in [-0.2, -0.15) is 0 Å². The molecule has 0 atom stereocenters. The highest BCUT2D eigenvalue weighted by molar-refractivity contribution is 7.14. The molecule has 2 heterocycles. The highest BCUT2D eigenvalue weighted by Crippen LogP contribution is 2.27. The molecule has 6 heteroatoms. The molecule has 0 aliphatic heterocycles. The molecule has 4 nitrogen and oxygen atoms in total. The third-order valence-electron chi connectivity index (χ3n) is 3.64. The van der Waals surface area contributed by atoms with Crippen LogP contribution in [0.25, 0.3) is 11.3 Å². The molecule has 23 heavy (non-hydrogen) atoms. The second-order valence-electron chi connectivity index (χ2n) is 5.05. The van der Waals surface area contributed by atoms with Crippen molar-refractivity contribution in [3.05, 3.63) is 51.0 Å². The van der Waals surface area contributed by atoms with E-state index in [1.54, 1.807) is 18.4 Å². The van der Waals surface area contributed by atoms with Gasteiger partial charge in [0.15, 0.2) is 5.13 Å². The third-order valence-corrected chi connectivity index (χ3v) is 5.41. The number of thiophene rings is 1. The number of hydrogen-bond donors (Lipinski definition) is 1. The molecule has 0 saturated heterocycles. The van der Waals surface area contributed by atoms with Gasteiger partial charge in [-0.15, -0.1) is 22.7 Å². The van der Waals surface area contributed by atoms with Crippen molar-refractivity contribution in [2.45, 2.75) is 13.8 Å². The third kappa shape index (κ3) is 3.28. The molecule has 0 bridgehead atoms. The summed E-state index contributed by atoms with van der Waals surface area (Å²) in [7, 11) is 1.64. The van der Waals surface area contributed by atoms with Crippen molar-refractivity contribution in [2.24, 2.45) is 0 Å². The normalized spacial score (nSPS) is 10.6. The van der Waals surface area contributed by atoms with Crippen LogP contribution >= 0.6 is 22.7 Å². The zero-order valence-corrected chi connectivity index (χ0v) is 14.7. The van der Waals surface area contributed by atoms with Gasteiger partial charge in [-0.3, -0.25) is 10.1 Å².